The first-order chi connectivity index (χ1) is 9.22. The van der Waals surface area contributed by atoms with Crippen LogP contribution in [0, 0.1) is 11.8 Å². The highest BCUT2D eigenvalue weighted by Gasteiger charge is 2.23. The predicted octanol–water partition coefficient (Wildman–Crippen LogP) is 5.95. The highest BCUT2D eigenvalue weighted by atomic mass is 79.9. The van der Waals surface area contributed by atoms with Gasteiger partial charge in [0.05, 0.1) is 6.10 Å². The van der Waals surface area contributed by atoms with E-state index in [0.717, 1.165) is 18.4 Å². The van der Waals surface area contributed by atoms with Crippen molar-refractivity contribution in [3.05, 3.63) is 0 Å². The minimum Gasteiger partial charge on any atom is -0.378 e. The molecule has 0 aliphatic heterocycles. The van der Waals surface area contributed by atoms with Crippen molar-refractivity contribution in [2.75, 3.05) is 11.9 Å². The van der Waals surface area contributed by atoms with Gasteiger partial charge in [0, 0.05) is 11.9 Å². The molecule has 19 heavy (non-hydrogen) atoms. The Morgan fingerprint density at radius 3 is 1.89 bits per heavy atom. The topological polar surface area (TPSA) is 9.23 Å². The molecule has 0 saturated heterocycles. The van der Waals surface area contributed by atoms with E-state index in [0.29, 0.717) is 6.10 Å². The lowest BCUT2D eigenvalue weighted by atomic mass is 9.82. The van der Waals surface area contributed by atoms with E-state index in [4.69, 9.17) is 4.74 Å². The second-order valence-electron chi connectivity index (χ2n) is 6.57. The molecule has 0 bridgehead atoms. The van der Waals surface area contributed by atoms with Crippen molar-refractivity contribution in [1.29, 1.82) is 0 Å². The van der Waals surface area contributed by atoms with Crippen LogP contribution in [0.2, 0.25) is 0 Å². The fourth-order valence-electron chi connectivity index (χ4n) is 3.34. The molecule has 2 unspecified atom stereocenters. The molecule has 1 saturated carbocycles. The number of alkyl halides is 1. The maximum absolute atomic E-state index is 6.06. The predicted molar refractivity (Wildman–Crippen MR) is 88.0 cm³/mol. The minimum atomic E-state index is 0.553. The summed E-state index contributed by atoms with van der Waals surface area (Å²) in [6, 6.07) is 0. The maximum atomic E-state index is 6.06. The molecule has 114 valence electrons. The molecule has 1 aliphatic carbocycles. The van der Waals surface area contributed by atoms with E-state index in [2.05, 4.69) is 29.8 Å². The summed E-state index contributed by atoms with van der Waals surface area (Å²) in [4.78, 5) is 0. The zero-order chi connectivity index (χ0) is 13.9. The largest absolute Gasteiger partial charge is 0.378 e. The first kappa shape index (κ1) is 17.5. The zero-order valence-corrected chi connectivity index (χ0v) is 14.6. The summed E-state index contributed by atoms with van der Waals surface area (Å²) in [5, 5.41) is 1.17. The molecule has 0 aromatic heterocycles. The third-order valence-corrected chi connectivity index (χ3v) is 4.83. The number of hydrogen-bond donors (Lipinski definition) is 0. The molecular weight excluding hydrogens is 300 g/mol. The highest BCUT2D eigenvalue weighted by molar-refractivity contribution is 9.09. The first-order valence-electron chi connectivity index (χ1n) is 8.40. The van der Waals surface area contributed by atoms with E-state index in [1.165, 1.54) is 69.5 Å². The summed E-state index contributed by atoms with van der Waals surface area (Å²) >= 11 is 3.48. The second-order valence-corrected chi connectivity index (χ2v) is 7.37. The van der Waals surface area contributed by atoms with Crippen molar-refractivity contribution >= 4 is 15.9 Å². The van der Waals surface area contributed by atoms with E-state index < -0.39 is 0 Å². The Morgan fingerprint density at radius 1 is 0.789 bits per heavy atom. The van der Waals surface area contributed by atoms with Crippen molar-refractivity contribution in [2.24, 2.45) is 11.8 Å². The molecule has 1 aliphatic rings. The summed E-state index contributed by atoms with van der Waals surface area (Å²) in [5.41, 5.74) is 0. The second kappa shape index (κ2) is 11.1. The van der Waals surface area contributed by atoms with E-state index in [1.807, 2.05) is 0 Å². The van der Waals surface area contributed by atoms with E-state index in [-0.39, 0.29) is 0 Å². The molecule has 1 fully saturated rings. The smallest absolute Gasteiger partial charge is 0.0580 e. The van der Waals surface area contributed by atoms with Gasteiger partial charge in [-0.05, 0) is 43.9 Å². The van der Waals surface area contributed by atoms with Gasteiger partial charge >= 0.3 is 0 Å². The van der Waals surface area contributed by atoms with Crippen LogP contribution < -0.4 is 0 Å². The number of ether oxygens (including phenoxy) is 1. The number of hydrogen-bond acceptors (Lipinski definition) is 1. The Morgan fingerprint density at radius 2 is 1.32 bits per heavy atom. The first-order valence-corrected chi connectivity index (χ1v) is 9.52. The molecule has 0 N–H and O–H groups in total. The van der Waals surface area contributed by atoms with Crippen LogP contribution in [0.1, 0.15) is 78.1 Å². The van der Waals surface area contributed by atoms with Crippen LogP contribution in [0.25, 0.3) is 0 Å². The molecule has 0 spiro atoms. The van der Waals surface area contributed by atoms with Gasteiger partial charge in [-0.2, -0.15) is 0 Å². The fraction of sp³-hybridized carbons (Fsp3) is 1.00. The quantitative estimate of drug-likeness (QED) is 0.354. The summed E-state index contributed by atoms with van der Waals surface area (Å²) in [6.45, 7) is 5.74. The maximum Gasteiger partial charge on any atom is 0.0580 e. The van der Waals surface area contributed by atoms with E-state index in [1.54, 1.807) is 0 Å². The molecular formula is C17H33BrO. The van der Waals surface area contributed by atoms with E-state index >= 15 is 0 Å². The number of halogens is 1. The van der Waals surface area contributed by atoms with Gasteiger partial charge in [-0.3, -0.25) is 0 Å². The number of rotatable bonds is 10. The van der Waals surface area contributed by atoms with E-state index in [9.17, 15) is 0 Å². The van der Waals surface area contributed by atoms with Crippen LogP contribution in [0.3, 0.4) is 0 Å². The molecule has 2 heteroatoms. The van der Waals surface area contributed by atoms with Crippen LogP contribution in [-0.2, 0) is 4.74 Å². The van der Waals surface area contributed by atoms with Gasteiger partial charge in [-0.1, -0.05) is 61.9 Å². The Labute approximate surface area is 129 Å². The Kier molecular flexibility index (Phi) is 10.3. The van der Waals surface area contributed by atoms with Gasteiger partial charge in [-0.25, -0.2) is 0 Å². The van der Waals surface area contributed by atoms with Crippen molar-refractivity contribution in [3.8, 4) is 0 Å². The minimum absolute atomic E-state index is 0.553. The fourth-order valence-corrected chi connectivity index (χ4v) is 3.74. The van der Waals surface area contributed by atoms with Crippen LogP contribution in [0.15, 0.2) is 0 Å². The third kappa shape index (κ3) is 9.07. The summed E-state index contributed by atoms with van der Waals surface area (Å²) in [7, 11) is 0. The average Bonchev–Trinajstić information content (AvgIpc) is 2.36. The van der Waals surface area contributed by atoms with Gasteiger partial charge in [0.15, 0.2) is 0 Å². The van der Waals surface area contributed by atoms with Crippen molar-refractivity contribution in [1.82, 2.24) is 0 Å². The van der Waals surface area contributed by atoms with Crippen molar-refractivity contribution < 1.29 is 4.74 Å². The molecule has 1 rings (SSSR count). The highest BCUT2D eigenvalue weighted by Crippen LogP contribution is 2.30. The van der Waals surface area contributed by atoms with Crippen LogP contribution in [-0.4, -0.2) is 18.0 Å². The molecule has 0 radical (unpaired) electrons. The summed E-state index contributed by atoms with van der Waals surface area (Å²) in [6.07, 6.45) is 14.1. The SMILES string of the molecule is CC1CC(C)CC(OCCCCCCCCCBr)C1. The summed E-state index contributed by atoms with van der Waals surface area (Å²) in [5.74, 6) is 1.73. The standard InChI is InChI=1S/C17H33BrO/c1-15-12-16(2)14-17(13-15)19-11-9-7-5-3-4-6-8-10-18/h15-17H,3-14H2,1-2H3. The van der Waals surface area contributed by atoms with Crippen LogP contribution in [0.4, 0.5) is 0 Å². The summed E-state index contributed by atoms with van der Waals surface area (Å²) < 4.78 is 6.06. The lowest BCUT2D eigenvalue weighted by Crippen LogP contribution is -2.26. The molecule has 0 heterocycles. The molecule has 2 atom stereocenters. The third-order valence-electron chi connectivity index (χ3n) is 4.27. The normalized spacial score (nSPS) is 27.6. The average molecular weight is 333 g/mol. The molecule has 0 aromatic carbocycles. The van der Waals surface area contributed by atoms with Crippen molar-refractivity contribution in [2.45, 2.75) is 84.2 Å². The van der Waals surface area contributed by atoms with Crippen LogP contribution >= 0.6 is 15.9 Å². The monoisotopic (exact) mass is 332 g/mol. The van der Waals surface area contributed by atoms with Gasteiger partial charge in [0.25, 0.3) is 0 Å². The molecule has 1 nitrogen and oxygen atoms in total. The lowest BCUT2D eigenvalue weighted by Gasteiger charge is -2.31. The van der Waals surface area contributed by atoms with Gasteiger partial charge in [0.1, 0.15) is 0 Å². The number of unbranched alkanes of at least 4 members (excludes halogenated alkanes) is 6. The Balaban J connectivity index is 1.87. The van der Waals surface area contributed by atoms with Crippen molar-refractivity contribution in [3.63, 3.8) is 0 Å². The van der Waals surface area contributed by atoms with Gasteiger partial charge < -0.3 is 4.74 Å². The van der Waals surface area contributed by atoms with Gasteiger partial charge in [0.2, 0.25) is 0 Å². The Bertz CT molecular complexity index is 197. The molecule has 0 amide bonds. The van der Waals surface area contributed by atoms with Crippen LogP contribution in [0.5, 0.6) is 0 Å². The van der Waals surface area contributed by atoms with Gasteiger partial charge in [-0.15, -0.1) is 0 Å². The molecule has 0 aromatic rings. The Hall–Kier alpha value is 0.440. The zero-order valence-electron chi connectivity index (χ0n) is 13.0. The lowest BCUT2D eigenvalue weighted by molar-refractivity contribution is -0.000627.